The Balaban J connectivity index is 1.39. The molecule has 2 aliphatic rings. The molecular weight excluding hydrogens is 370 g/mol. The third-order valence-electron chi connectivity index (χ3n) is 7.23. The van der Waals surface area contributed by atoms with Crippen LogP contribution < -0.4 is 0 Å². The molecule has 1 aliphatic heterocycles. The Hall–Kier alpha value is -2.46. The second-order valence-electron chi connectivity index (χ2n) is 9.02. The van der Waals surface area contributed by atoms with Crippen LogP contribution in [0.4, 0.5) is 0 Å². The minimum atomic E-state index is 0.0824. The van der Waals surface area contributed by atoms with E-state index in [0.717, 1.165) is 63.1 Å². The summed E-state index contributed by atoms with van der Waals surface area (Å²) in [5.41, 5.74) is 7.44. The summed E-state index contributed by atoms with van der Waals surface area (Å²) in [6.07, 6.45) is 4.28. The quantitative estimate of drug-likeness (QED) is 0.573. The van der Waals surface area contributed by atoms with E-state index in [1.54, 1.807) is 0 Å². The van der Waals surface area contributed by atoms with Crippen molar-refractivity contribution in [3.63, 3.8) is 0 Å². The number of aryl methyl sites for hydroxylation is 4. The highest BCUT2D eigenvalue weighted by Crippen LogP contribution is 2.34. The molecule has 5 rings (SSSR count). The normalized spacial score (nSPS) is 19.0. The van der Waals surface area contributed by atoms with E-state index in [2.05, 4.69) is 65.8 Å². The second-order valence-corrected chi connectivity index (χ2v) is 9.02. The van der Waals surface area contributed by atoms with E-state index in [0.29, 0.717) is 5.78 Å². The van der Waals surface area contributed by atoms with Crippen molar-refractivity contribution in [2.24, 2.45) is 5.92 Å². The molecule has 156 valence electrons. The van der Waals surface area contributed by atoms with Gasteiger partial charge in [-0.15, -0.1) is 0 Å². The SMILES string of the molecule is CCn1nc(C)c(CN2CCCC(C(=O)c3ccc4c5c(cccc35)CC4)C2)c1C. The zero-order valence-corrected chi connectivity index (χ0v) is 18.4. The molecule has 1 fully saturated rings. The number of nitrogens with zero attached hydrogens (tertiary/aromatic N) is 3. The van der Waals surface area contributed by atoms with Gasteiger partial charge in [0.05, 0.1) is 5.69 Å². The fourth-order valence-electron chi connectivity index (χ4n) is 5.59. The number of Topliss-reactive ketones (excluding diaryl/α,β-unsaturated/α-hetero) is 1. The number of carbonyl (C=O) groups excluding carboxylic acids is 1. The van der Waals surface area contributed by atoms with Crippen LogP contribution in [0.5, 0.6) is 0 Å². The predicted molar refractivity (Wildman–Crippen MR) is 121 cm³/mol. The van der Waals surface area contributed by atoms with Gasteiger partial charge in [0.15, 0.2) is 5.78 Å². The van der Waals surface area contributed by atoms with Crippen LogP contribution in [0.3, 0.4) is 0 Å². The molecule has 1 unspecified atom stereocenters. The monoisotopic (exact) mass is 401 g/mol. The van der Waals surface area contributed by atoms with E-state index < -0.39 is 0 Å². The van der Waals surface area contributed by atoms with Crippen molar-refractivity contribution in [2.45, 2.75) is 59.5 Å². The Morgan fingerprint density at radius 1 is 1.13 bits per heavy atom. The lowest BCUT2D eigenvalue weighted by atomic mass is 9.87. The van der Waals surface area contributed by atoms with Crippen LogP contribution in [0.1, 0.15) is 58.2 Å². The largest absolute Gasteiger partial charge is 0.298 e. The first-order chi connectivity index (χ1) is 14.6. The molecule has 1 atom stereocenters. The van der Waals surface area contributed by atoms with Crippen LogP contribution in [0.15, 0.2) is 30.3 Å². The Kier molecular flexibility index (Phi) is 4.98. The van der Waals surface area contributed by atoms with Crippen molar-refractivity contribution in [1.82, 2.24) is 14.7 Å². The summed E-state index contributed by atoms with van der Waals surface area (Å²) in [7, 11) is 0. The number of hydrogen-bond acceptors (Lipinski definition) is 3. The summed E-state index contributed by atoms with van der Waals surface area (Å²) in [6, 6.07) is 10.8. The van der Waals surface area contributed by atoms with Gasteiger partial charge in [-0.1, -0.05) is 30.3 Å². The molecule has 2 heterocycles. The van der Waals surface area contributed by atoms with Gasteiger partial charge in [-0.25, -0.2) is 0 Å². The van der Waals surface area contributed by atoms with Gasteiger partial charge in [-0.2, -0.15) is 5.10 Å². The number of carbonyl (C=O) groups is 1. The maximum atomic E-state index is 13.6. The highest BCUT2D eigenvalue weighted by Gasteiger charge is 2.29. The molecule has 0 spiro atoms. The highest BCUT2D eigenvalue weighted by atomic mass is 16.1. The lowest BCUT2D eigenvalue weighted by molar-refractivity contribution is 0.0813. The van der Waals surface area contributed by atoms with Gasteiger partial charge in [-0.3, -0.25) is 14.4 Å². The van der Waals surface area contributed by atoms with Gasteiger partial charge in [0.2, 0.25) is 0 Å². The standard InChI is InChI=1S/C26H31N3O/c1-4-29-18(3)24(17(2)27-29)16-28-14-6-8-21(15-28)26(30)23-13-12-20-11-10-19-7-5-9-22(23)25(19)20/h5,7,9,12-13,21H,4,6,8,10-11,14-16H2,1-3H3. The molecule has 30 heavy (non-hydrogen) atoms. The summed E-state index contributed by atoms with van der Waals surface area (Å²) in [5, 5.41) is 7.18. The summed E-state index contributed by atoms with van der Waals surface area (Å²) < 4.78 is 2.09. The number of benzene rings is 2. The molecule has 0 N–H and O–H groups in total. The molecule has 1 aliphatic carbocycles. The minimum absolute atomic E-state index is 0.0824. The van der Waals surface area contributed by atoms with Gasteiger partial charge in [0.25, 0.3) is 0 Å². The van der Waals surface area contributed by atoms with Crippen LogP contribution in [0, 0.1) is 19.8 Å². The van der Waals surface area contributed by atoms with Gasteiger partial charge in [0, 0.05) is 42.4 Å². The molecule has 0 saturated carbocycles. The third kappa shape index (κ3) is 3.18. The fourth-order valence-corrected chi connectivity index (χ4v) is 5.59. The summed E-state index contributed by atoms with van der Waals surface area (Å²) in [4.78, 5) is 16.1. The molecule has 3 aromatic rings. The lowest BCUT2D eigenvalue weighted by Gasteiger charge is -2.32. The summed E-state index contributed by atoms with van der Waals surface area (Å²) >= 11 is 0. The van der Waals surface area contributed by atoms with E-state index in [4.69, 9.17) is 0 Å². The molecule has 1 aromatic heterocycles. The molecule has 4 heteroatoms. The maximum Gasteiger partial charge on any atom is 0.167 e. The molecule has 0 bridgehead atoms. The summed E-state index contributed by atoms with van der Waals surface area (Å²) in [6.45, 7) is 10.1. The van der Waals surface area contributed by atoms with Crippen LogP contribution >= 0.6 is 0 Å². The smallest absolute Gasteiger partial charge is 0.167 e. The van der Waals surface area contributed by atoms with Crippen molar-refractivity contribution >= 4 is 16.6 Å². The first kappa shape index (κ1) is 19.5. The molecule has 1 saturated heterocycles. The zero-order chi connectivity index (χ0) is 20.8. The first-order valence-electron chi connectivity index (χ1n) is 11.4. The number of hydrogen-bond donors (Lipinski definition) is 0. The van der Waals surface area contributed by atoms with Crippen molar-refractivity contribution in [3.8, 4) is 0 Å². The zero-order valence-electron chi connectivity index (χ0n) is 18.4. The number of rotatable bonds is 5. The van der Waals surface area contributed by atoms with Crippen LogP contribution in [-0.2, 0) is 25.9 Å². The lowest BCUT2D eigenvalue weighted by Crippen LogP contribution is -2.38. The van der Waals surface area contributed by atoms with Crippen molar-refractivity contribution < 1.29 is 4.79 Å². The number of piperidine rings is 1. The average molecular weight is 402 g/mol. The van der Waals surface area contributed by atoms with Gasteiger partial charge in [-0.05, 0) is 74.9 Å². The van der Waals surface area contributed by atoms with Crippen LogP contribution in [-0.4, -0.2) is 33.6 Å². The molecule has 2 aromatic carbocycles. The highest BCUT2D eigenvalue weighted by molar-refractivity contribution is 6.11. The molecule has 0 radical (unpaired) electrons. The minimum Gasteiger partial charge on any atom is -0.298 e. The summed E-state index contributed by atoms with van der Waals surface area (Å²) in [5.74, 6) is 0.409. The van der Waals surface area contributed by atoms with Crippen molar-refractivity contribution in [3.05, 3.63) is 64.0 Å². The van der Waals surface area contributed by atoms with E-state index >= 15 is 0 Å². The van der Waals surface area contributed by atoms with E-state index in [1.807, 2.05) is 0 Å². The third-order valence-corrected chi connectivity index (χ3v) is 7.23. The topological polar surface area (TPSA) is 38.1 Å². The fraction of sp³-hybridized carbons (Fsp3) is 0.462. The van der Waals surface area contributed by atoms with E-state index in [9.17, 15) is 4.79 Å². The van der Waals surface area contributed by atoms with Crippen molar-refractivity contribution in [1.29, 1.82) is 0 Å². The van der Waals surface area contributed by atoms with E-state index in [1.165, 1.54) is 33.2 Å². The van der Waals surface area contributed by atoms with Crippen LogP contribution in [0.25, 0.3) is 10.8 Å². The Morgan fingerprint density at radius 2 is 1.93 bits per heavy atom. The van der Waals surface area contributed by atoms with Crippen LogP contribution in [0.2, 0.25) is 0 Å². The maximum absolute atomic E-state index is 13.6. The Morgan fingerprint density at radius 3 is 2.70 bits per heavy atom. The molecule has 4 nitrogen and oxygen atoms in total. The van der Waals surface area contributed by atoms with Gasteiger partial charge >= 0.3 is 0 Å². The first-order valence-corrected chi connectivity index (χ1v) is 11.4. The number of likely N-dealkylation sites (tertiary alicyclic amines) is 1. The molecular formula is C26H31N3O. The van der Waals surface area contributed by atoms with Gasteiger partial charge < -0.3 is 0 Å². The number of ketones is 1. The second kappa shape index (κ2) is 7.66. The Bertz CT molecular complexity index is 1120. The van der Waals surface area contributed by atoms with E-state index in [-0.39, 0.29) is 5.92 Å². The number of aromatic nitrogens is 2. The molecule has 0 amide bonds. The predicted octanol–water partition coefficient (Wildman–Crippen LogP) is 4.87. The van der Waals surface area contributed by atoms with Gasteiger partial charge in [0.1, 0.15) is 0 Å². The Labute approximate surface area is 178 Å². The average Bonchev–Trinajstić information content (AvgIpc) is 3.31. The van der Waals surface area contributed by atoms with Crippen molar-refractivity contribution in [2.75, 3.05) is 13.1 Å².